The highest BCUT2D eigenvalue weighted by molar-refractivity contribution is 6.29. The van der Waals surface area contributed by atoms with Crippen molar-refractivity contribution in [2.75, 3.05) is 14.1 Å². The van der Waals surface area contributed by atoms with Gasteiger partial charge in [-0.15, -0.1) is 0 Å². The van der Waals surface area contributed by atoms with E-state index in [0.29, 0.717) is 5.15 Å². The average molecular weight is 200 g/mol. The van der Waals surface area contributed by atoms with E-state index in [2.05, 4.69) is 16.9 Å². The van der Waals surface area contributed by atoms with Crippen LogP contribution in [-0.2, 0) is 0 Å². The molecule has 1 aromatic heterocycles. The fourth-order valence-corrected chi connectivity index (χ4v) is 1.20. The van der Waals surface area contributed by atoms with E-state index >= 15 is 0 Å². The number of nitrogens with one attached hydrogen (secondary N) is 1. The SMILES string of the molecule is CCC=c1nc(Cl)c(=CN(C)C)[nH]1. The maximum atomic E-state index is 5.90. The fourth-order valence-electron chi connectivity index (χ4n) is 1.02. The minimum Gasteiger partial charge on any atom is -0.382 e. The molecular weight excluding hydrogens is 186 g/mol. The summed E-state index contributed by atoms with van der Waals surface area (Å²) in [4.78, 5) is 9.19. The van der Waals surface area contributed by atoms with Crippen LogP contribution < -0.4 is 10.8 Å². The smallest absolute Gasteiger partial charge is 0.156 e. The first kappa shape index (κ1) is 10.1. The number of hydrogen-bond donors (Lipinski definition) is 1. The number of nitrogens with zero attached hydrogens (tertiary/aromatic N) is 2. The van der Waals surface area contributed by atoms with E-state index in [4.69, 9.17) is 11.6 Å². The van der Waals surface area contributed by atoms with Crippen molar-refractivity contribution < 1.29 is 0 Å². The van der Waals surface area contributed by atoms with Crippen molar-refractivity contribution in [3.05, 3.63) is 16.0 Å². The van der Waals surface area contributed by atoms with Crippen LogP contribution in [0.25, 0.3) is 12.3 Å². The molecule has 0 radical (unpaired) electrons. The van der Waals surface area contributed by atoms with Crippen molar-refractivity contribution in [1.82, 2.24) is 14.9 Å². The number of H-pyrrole nitrogens is 1. The van der Waals surface area contributed by atoms with Crippen LogP contribution in [0.3, 0.4) is 0 Å². The fraction of sp³-hybridized carbons (Fsp3) is 0.444. The Morgan fingerprint density at radius 3 is 2.77 bits per heavy atom. The Morgan fingerprint density at radius 2 is 2.23 bits per heavy atom. The third-order valence-electron chi connectivity index (χ3n) is 1.49. The maximum Gasteiger partial charge on any atom is 0.156 e. The summed E-state index contributed by atoms with van der Waals surface area (Å²) in [5.41, 5.74) is 0.834. The monoisotopic (exact) mass is 199 g/mol. The third-order valence-corrected chi connectivity index (χ3v) is 1.78. The largest absolute Gasteiger partial charge is 0.382 e. The minimum atomic E-state index is 0.522. The molecule has 1 N–H and O–H groups in total. The molecular formula is C9H14ClN3. The summed E-state index contributed by atoms with van der Waals surface area (Å²) in [5.74, 6) is 0. The second-order valence-electron chi connectivity index (χ2n) is 3.03. The van der Waals surface area contributed by atoms with Gasteiger partial charge in [0.1, 0.15) is 5.48 Å². The normalized spacial score (nSPS) is 13.8. The van der Waals surface area contributed by atoms with Crippen molar-refractivity contribution in [2.45, 2.75) is 13.3 Å². The van der Waals surface area contributed by atoms with Gasteiger partial charge < -0.3 is 9.88 Å². The van der Waals surface area contributed by atoms with Crippen LogP contribution in [0.1, 0.15) is 13.3 Å². The van der Waals surface area contributed by atoms with Gasteiger partial charge in [-0.2, -0.15) is 0 Å². The summed E-state index contributed by atoms with van der Waals surface area (Å²) in [5, 5.41) is 1.37. The molecule has 0 aliphatic rings. The van der Waals surface area contributed by atoms with Crippen LogP contribution in [-0.4, -0.2) is 29.0 Å². The number of rotatable bonds is 2. The molecule has 72 valence electrons. The van der Waals surface area contributed by atoms with Crippen LogP contribution >= 0.6 is 11.6 Å². The average Bonchev–Trinajstić information content (AvgIpc) is 2.31. The van der Waals surface area contributed by atoms with E-state index in [1.807, 2.05) is 31.3 Å². The summed E-state index contributed by atoms with van der Waals surface area (Å²) in [6.07, 6.45) is 4.85. The molecule has 0 aliphatic heterocycles. The Labute approximate surface area is 82.7 Å². The molecule has 0 saturated carbocycles. The van der Waals surface area contributed by atoms with Crippen LogP contribution in [0.2, 0.25) is 5.15 Å². The third kappa shape index (κ3) is 2.77. The molecule has 0 atom stereocenters. The minimum absolute atomic E-state index is 0.522. The van der Waals surface area contributed by atoms with Crippen LogP contribution in [0.5, 0.6) is 0 Å². The molecule has 0 bridgehead atoms. The van der Waals surface area contributed by atoms with Crippen LogP contribution in [0.15, 0.2) is 0 Å². The quantitative estimate of drug-likeness (QED) is 0.755. The first-order chi connectivity index (χ1) is 6.13. The van der Waals surface area contributed by atoms with E-state index in [9.17, 15) is 0 Å². The zero-order chi connectivity index (χ0) is 9.84. The van der Waals surface area contributed by atoms with Crippen molar-refractivity contribution in [2.24, 2.45) is 0 Å². The molecule has 4 heteroatoms. The molecule has 0 aromatic carbocycles. The molecule has 1 heterocycles. The van der Waals surface area contributed by atoms with Gasteiger partial charge in [-0.05, 0) is 12.5 Å². The van der Waals surface area contributed by atoms with Crippen LogP contribution in [0.4, 0.5) is 0 Å². The van der Waals surface area contributed by atoms with E-state index in [1.165, 1.54) is 0 Å². The van der Waals surface area contributed by atoms with E-state index < -0.39 is 0 Å². The molecule has 1 aromatic rings. The molecule has 0 saturated heterocycles. The Balaban J connectivity index is 3.18. The lowest BCUT2D eigenvalue weighted by Crippen LogP contribution is -2.15. The zero-order valence-corrected chi connectivity index (χ0v) is 8.89. The van der Waals surface area contributed by atoms with Crippen molar-refractivity contribution in [3.8, 4) is 0 Å². The van der Waals surface area contributed by atoms with Gasteiger partial charge in [-0.1, -0.05) is 18.5 Å². The Hall–Kier alpha value is -0.960. The van der Waals surface area contributed by atoms with Crippen molar-refractivity contribution >= 4 is 23.9 Å². The second kappa shape index (κ2) is 4.33. The Morgan fingerprint density at radius 1 is 1.54 bits per heavy atom. The lowest BCUT2D eigenvalue weighted by Gasteiger charge is -2.00. The summed E-state index contributed by atoms with van der Waals surface area (Å²) < 4.78 is 0. The topological polar surface area (TPSA) is 31.9 Å². The van der Waals surface area contributed by atoms with Crippen molar-refractivity contribution in [3.63, 3.8) is 0 Å². The van der Waals surface area contributed by atoms with E-state index in [1.54, 1.807) is 0 Å². The van der Waals surface area contributed by atoms with Gasteiger partial charge in [0, 0.05) is 20.3 Å². The van der Waals surface area contributed by atoms with Crippen LogP contribution in [0, 0.1) is 0 Å². The molecule has 0 aliphatic carbocycles. The zero-order valence-electron chi connectivity index (χ0n) is 8.13. The van der Waals surface area contributed by atoms with Gasteiger partial charge in [0.05, 0.1) is 5.35 Å². The van der Waals surface area contributed by atoms with E-state index in [-0.39, 0.29) is 0 Å². The standard InChI is InChI=1S/C9H14ClN3/c1-4-5-8-11-7(6-13(2)3)9(10)12-8/h5-6,11H,4H2,1-3H3. The van der Waals surface area contributed by atoms with Gasteiger partial charge in [-0.25, -0.2) is 4.98 Å². The molecule has 0 fully saturated rings. The number of halogens is 1. The first-order valence-electron chi connectivity index (χ1n) is 4.23. The number of aromatic nitrogens is 2. The maximum absolute atomic E-state index is 5.90. The first-order valence-corrected chi connectivity index (χ1v) is 4.61. The molecule has 0 spiro atoms. The number of imidazole rings is 1. The predicted octanol–water partition coefficient (Wildman–Crippen LogP) is 0.553. The Kier molecular flexibility index (Phi) is 3.37. The summed E-state index contributed by atoms with van der Waals surface area (Å²) >= 11 is 5.90. The Bertz CT molecular complexity index is 378. The highest BCUT2D eigenvalue weighted by Gasteiger charge is 1.94. The van der Waals surface area contributed by atoms with Gasteiger partial charge in [0.2, 0.25) is 0 Å². The summed E-state index contributed by atoms with van der Waals surface area (Å²) in [6, 6.07) is 0. The number of aromatic amines is 1. The summed E-state index contributed by atoms with van der Waals surface area (Å²) in [7, 11) is 3.89. The second-order valence-corrected chi connectivity index (χ2v) is 3.39. The highest BCUT2D eigenvalue weighted by Crippen LogP contribution is 1.89. The molecule has 0 unspecified atom stereocenters. The van der Waals surface area contributed by atoms with Gasteiger partial charge in [-0.3, -0.25) is 0 Å². The predicted molar refractivity (Wildman–Crippen MR) is 55.8 cm³/mol. The molecule has 0 amide bonds. The van der Waals surface area contributed by atoms with Gasteiger partial charge in [0.25, 0.3) is 0 Å². The summed E-state index contributed by atoms with van der Waals surface area (Å²) in [6.45, 7) is 2.06. The van der Waals surface area contributed by atoms with Crippen molar-refractivity contribution in [1.29, 1.82) is 0 Å². The lowest BCUT2D eigenvalue weighted by atomic mass is 10.5. The van der Waals surface area contributed by atoms with Gasteiger partial charge >= 0.3 is 0 Å². The lowest BCUT2D eigenvalue weighted by molar-refractivity contribution is 0.612. The molecule has 3 nitrogen and oxygen atoms in total. The molecule has 13 heavy (non-hydrogen) atoms. The highest BCUT2D eigenvalue weighted by atomic mass is 35.5. The van der Waals surface area contributed by atoms with Gasteiger partial charge in [0.15, 0.2) is 5.15 Å². The molecule has 1 rings (SSSR count). The number of hydrogen-bond acceptors (Lipinski definition) is 2. The van der Waals surface area contributed by atoms with E-state index in [0.717, 1.165) is 17.2 Å².